The Morgan fingerprint density at radius 1 is 1.07 bits per heavy atom. The van der Waals surface area contributed by atoms with Crippen LogP contribution in [0.5, 0.6) is 0 Å². The van der Waals surface area contributed by atoms with Gasteiger partial charge in [0.25, 0.3) is 5.91 Å². The van der Waals surface area contributed by atoms with Gasteiger partial charge in [0, 0.05) is 47.9 Å². The average molecular weight is 420 g/mol. The first-order valence-electron chi connectivity index (χ1n) is 9.54. The van der Waals surface area contributed by atoms with E-state index in [1.54, 1.807) is 18.0 Å². The third-order valence-electron chi connectivity index (χ3n) is 4.56. The number of nitrogens with zero attached hydrogens (tertiary/aromatic N) is 3. The zero-order chi connectivity index (χ0) is 20.9. The number of aromatic nitrogens is 2. The number of hydrogen-bond donors (Lipinski definition) is 2. The minimum absolute atomic E-state index is 0.0394. The van der Waals surface area contributed by atoms with Gasteiger partial charge in [0.15, 0.2) is 0 Å². The predicted octanol–water partition coefficient (Wildman–Crippen LogP) is 3.99. The highest BCUT2D eigenvalue weighted by Gasteiger charge is 2.20. The predicted molar refractivity (Wildman–Crippen MR) is 120 cm³/mol. The van der Waals surface area contributed by atoms with Crippen molar-refractivity contribution < 1.29 is 9.59 Å². The first kappa shape index (κ1) is 19.9. The highest BCUT2D eigenvalue weighted by molar-refractivity contribution is 7.99. The van der Waals surface area contributed by atoms with Crippen molar-refractivity contribution in [2.24, 2.45) is 0 Å². The molecule has 7 nitrogen and oxygen atoms in total. The minimum Gasteiger partial charge on any atom is -0.329 e. The third-order valence-corrected chi connectivity index (χ3v) is 5.53. The molecule has 30 heavy (non-hydrogen) atoms. The largest absolute Gasteiger partial charge is 0.329 e. The van der Waals surface area contributed by atoms with Gasteiger partial charge in [-0.1, -0.05) is 18.2 Å². The van der Waals surface area contributed by atoms with Gasteiger partial charge in [0.1, 0.15) is 0 Å². The number of amides is 2. The van der Waals surface area contributed by atoms with Gasteiger partial charge in [0.2, 0.25) is 11.9 Å². The molecule has 0 unspecified atom stereocenters. The molecular formula is C22H21N5O2S. The zero-order valence-corrected chi connectivity index (χ0v) is 17.3. The Labute approximate surface area is 178 Å². The van der Waals surface area contributed by atoms with Crippen molar-refractivity contribution in [3.63, 3.8) is 0 Å². The molecule has 2 amide bonds. The molecule has 0 radical (unpaired) electrons. The number of benzene rings is 2. The van der Waals surface area contributed by atoms with E-state index in [4.69, 9.17) is 0 Å². The van der Waals surface area contributed by atoms with E-state index in [-0.39, 0.29) is 11.8 Å². The van der Waals surface area contributed by atoms with E-state index in [0.717, 1.165) is 40.8 Å². The number of nitrogens with one attached hydrogen (secondary N) is 2. The highest BCUT2D eigenvalue weighted by atomic mass is 32.2. The molecule has 4 rings (SSSR count). The summed E-state index contributed by atoms with van der Waals surface area (Å²) in [7, 11) is 0. The number of rotatable bonds is 5. The fraction of sp³-hybridized carbons (Fsp3) is 0.182. The van der Waals surface area contributed by atoms with Crippen molar-refractivity contribution in [1.29, 1.82) is 0 Å². The Hall–Kier alpha value is -3.39. The molecule has 0 bridgehead atoms. The van der Waals surface area contributed by atoms with Crippen molar-refractivity contribution in [1.82, 2.24) is 14.9 Å². The Morgan fingerprint density at radius 2 is 1.90 bits per heavy atom. The van der Waals surface area contributed by atoms with Crippen LogP contribution in [-0.2, 0) is 4.79 Å². The first-order valence-corrected chi connectivity index (χ1v) is 10.7. The molecule has 1 aromatic heterocycles. The summed E-state index contributed by atoms with van der Waals surface area (Å²) in [5.41, 5.74) is 3.79. The van der Waals surface area contributed by atoms with Crippen LogP contribution in [0.15, 0.2) is 60.8 Å². The molecule has 0 aliphatic carbocycles. The number of carbonyl (C=O) groups is 2. The van der Waals surface area contributed by atoms with Crippen LogP contribution in [0.25, 0.3) is 11.3 Å². The lowest BCUT2D eigenvalue weighted by Gasteiger charge is -2.15. The van der Waals surface area contributed by atoms with Crippen molar-refractivity contribution >= 4 is 40.9 Å². The number of carbonyl (C=O) groups excluding carboxylic acids is 2. The molecule has 1 saturated heterocycles. The highest BCUT2D eigenvalue weighted by Crippen LogP contribution is 2.23. The van der Waals surface area contributed by atoms with E-state index < -0.39 is 0 Å². The van der Waals surface area contributed by atoms with Gasteiger partial charge in [-0.3, -0.25) is 9.59 Å². The number of hydrogen-bond acceptors (Lipinski definition) is 6. The lowest BCUT2D eigenvalue weighted by Crippen LogP contribution is -2.27. The summed E-state index contributed by atoms with van der Waals surface area (Å²) in [6.07, 6.45) is 1.68. The molecule has 0 saturated carbocycles. The molecule has 1 fully saturated rings. The van der Waals surface area contributed by atoms with Crippen LogP contribution < -0.4 is 10.6 Å². The van der Waals surface area contributed by atoms with Gasteiger partial charge in [0.05, 0.1) is 11.6 Å². The quantitative estimate of drug-likeness (QED) is 0.650. The zero-order valence-electron chi connectivity index (χ0n) is 16.5. The second kappa shape index (κ2) is 8.96. The maximum atomic E-state index is 12.6. The summed E-state index contributed by atoms with van der Waals surface area (Å²) in [4.78, 5) is 34.5. The Balaban J connectivity index is 1.50. The van der Waals surface area contributed by atoms with E-state index in [1.165, 1.54) is 6.92 Å². The normalized spacial score (nSPS) is 13.2. The maximum Gasteiger partial charge on any atom is 0.254 e. The Morgan fingerprint density at radius 3 is 2.63 bits per heavy atom. The lowest BCUT2D eigenvalue weighted by molar-refractivity contribution is -0.114. The van der Waals surface area contributed by atoms with Crippen LogP contribution in [0.1, 0.15) is 17.3 Å². The number of anilines is 3. The lowest BCUT2D eigenvalue weighted by atomic mass is 10.1. The molecule has 2 heterocycles. The molecular weight excluding hydrogens is 398 g/mol. The van der Waals surface area contributed by atoms with Crippen LogP contribution in [0, 0.1) is 0 Å². The van der Waals surface area contributed by atoms with Crippen LogP contribution >= 0.6 is 11.8 Å². The average Bonchev–Trinajstić information content (AvgIpc) is 3.29. The number of thioether (sulfide) groups is 1. The standard InChI is InChI=1S/C22H21N5O2S/c1-15(28)24-18-7-5-16(6-8-18)20-9-10-23-22(26-20)25-19-4-2-3-17(13-19)21(29)27-11-12-30-14-27/h2-10,13H,11-12,14H2,1H3,(H,24,28)(H,23,25,26). The van der Waals surface area contributed by atoms with Gasteiger partial charge < -0.3 is 15.5 Å². The van der Waals surface area contributed by atoms with Gasteiger partial charge >= 0.3 is 0 Å². The van der Waals surface area contributed by atoms with Crippen LogP contribution in [0.3, 0.4) is 0 Å². The fourth-order valence-electron chi connectivity index (χ4n) is 3.12. The molecule has 2 N–H and O–H groups in total. The van der Waals surface area contributed by atoms with Gasteiger partial charge in [-0.15, -0.1) is 11.8 Å². The minimum atomic E-state index is -0.111. The van der Waals surface area contributed by atoms with Gasteiger partial charge in [-0.25, -0.2) is 9.97 Å². The Kier molecular flexibility index (Phi) is 5.94. The van der Waals surface area contributed by atoms with Gasteiger partial charge in [-0.05, 0) is 36.4 Å². The summed E-state index contributed by atoms with van der Waals surface area (Å²) >= 11 is 1.76. The molecule has 0 spiro atoms. The topological polar surface area (TPSA) is 87.2 Å². The summed E-state index contributed by atoms with van der Waals surface area (Å²) in [6, 6.07) is 16.7. The summed E-state index contributed by atoms with van der Waals surface area (Å²) in [6.45, 7) is 2.26. The van der Waals surface area contributed by atoms with E-state index in [2.05, 4.69) is 20.6 Å². The van der Waals surface area contributed by atoms with E-state index in [9.17, 15) is 9.59 Å². The smallest absolute Gasteiger partial charge is 0.254 e. The van der Waals surface area contributed by atoms with Crippen molar-refractivity contribution in [3.05, 3.63) is 66.4 Å². The van der Waals surface area contributed by atoms with Crippen LogP contribution in [0.2, 0.25) is 0 Å². The molecule has 0 atom stereocenters. The van der Waals surface area contributed by atoms with Crippen molar-refractivity contribution in [2.75, 3.05) is 28.8 Å². The first-order chi connectivity index (χ1) is 14.6. The summed E-state index contributed by atoms with van der Waals surface area (Å²) in [5, 5.41) is 5.93. The molecule has 1 aliphatic rings. The fourth-order valence-corrected chi connectivity index (χ4v) is 4.07. The molecule has 152 valence electrons. The van der Waals surface area contributed by atoms with Crippen LogP contribution in [-0.4, -0.2) is 44.9 Å². The van der Waals surface area contributed by atoms with E-state index in [1.807, 2.05) is 59.5 Å². The van der Waals surface area contributed by atoms with Crippen molar-refractivity contribution in [2.45, 2.75) is 6.92 Å². The van der Waals surface area contributed by atoms with Crippen molar-refractivity contribution in [3.8, 4) is 11.3 Å². The third kappa shape index (κ3) is 4.77. The molecule has 8 heteroatoms. The van der Waals surface area contributed by atoms with E-state index >= 15 is 0 Å². The SMILES string of the molecule is CC(=O)Nc1ccc(-c2ccnc(Nc3cccc(C(=O)N4CCSC4)c3)n2)cc1. The molecule has 1 aliphatic heterocycles. The maximum absolute atomic E-state index is 12.6. The van der Waals surface area contributed by atoms with E-state index in [0.29, 0.717) is 11.5 Å². The molecule has 2 aromatic carbocycles. The second-order valence-electron chi connectivity index (χ2n) is 6.84. The summed E-state index contributed by atoms with van der Waals surface area (Å²) < 4.78 is 0. The monoisotopic (exact) mass is 419 g/mol. The van der Waals surface area contributed by atoms with Crippen LogP contribution in [0.4, 0.5) is 17.3 Å². The Bertz CT molecular complexity index is 1070. The van der Waals surface area contributed by atoms with Gasteiger partial charge in [-0.2, -0.15) is 0 Å². The second-order valence-corrected chi connectivity index (χ2v) is 7.91. The summed E-state index contributed by atoms with van der Waals surface area (Å²) in [5.74, 6) is 2.09. The molecule has 3 aromatic rings.